The Morgan fingerprint density at radius 3 is 2.53 bits per heavy atom. The molecule has 3 heteroatoms. The van der Waals surface area contributed by atoms with Gasteiger partial charge in [-0.15, -0.1) is 0 Å². The highest BCUT2D eigenvalue weighted by Crippen LogP contribution is 2.25. The molecule has 1 N–H and O–H groups in total. The van der Waals surface area contributed by atoms with Gasteiger partial charge in [0.25, 0.3) is 0 Å². The second-order valence-corrected chi connectivity index (χ2v) is 6.70. The number of ether oxygens (including phenoxy) is 2. The van der Waals surface area contributed by atoms with Crippen molar-refractivity contribution < 1.29 is 9.47 Å². The monoisotopic (exact) mass is 269 g/mol. The number of hydrogen-bond acceptors (Lipinski definition) is 3. The zero-order chi connectivity index (χ0) is 13.5. The third-order valence-corrected chi connectivity index (χ3v) is 4.25. The van der Waals surface area contributed by atoms with Gasteiger partial charge in [-0.25, -0.2) is 0 Å². The molecule has 3 nitrogen and oxygen atoms in total. The highest BCUT2D eigenvalue weighted by atomic mass is 16.5. The summed E-state index contributed by atoms with van der Waals surface area (Å²) in [4.78, 5) is 0. The molecule has 112 valence electrons. The molecule has 2 aliphatic rings. The molecule has 0 aromatic rings. The minimum atomic E-state index is 0.340. The van der Waals surface area contributed by atoms with Gasteiger partial charge in [0.2, 0.25) is 0 Å². The Morgan fingerprint density at radius 1 is 1.05 bits per heavy atom. The Balaban J connectivity index is 1.49. The van der Waals surface area contributed by atoms with E-state index in [1.807, 2.05) is 0 Å². The summed E-state index contributed by atoms with van der Waals surface area (Å²) in [7, 11) is 0. The van der Waals surface area contributed by atoms with E-state index in [0.717, 1.165) is 32.2 Å². The van der Waals surface area contributed by atoms with E-state index in [1.54, 1.807) is 0 Å². The SMILES string of the molecule is CC(C)CNCC1CCC(COCC2CCCC2)O1. The fraction of sp³-hybridized carbons (Fsp3) is 1.00. The third kappa shape index (κ3) is 5.80. The molecule has 1 aliphatic carbocycles. The molecule has 2 fully saturated rings. The van der Waals surface area contributed by atoms with Gasteiger partial charge >= 0.3 is 0 Å². The summed E-state index contributed by atoms with van der Waals surface area (Å²) >= 11 is 0. The summed E-state index contributed by atoms with van der Waals surface area (Å²) in [6.07, 6.45) is 8.63. The van der Waals surface area contributed by atoms with Crippen LogP contribution in [0.25, 0.3) is 0 Å². The first-order valence-electron chi connectivity index (χ1n) is 8.18. The van der Waals surface area contributed by atoms with Crippen molar-refractivity contribution in [2.45, 2.75) is 64.6 Å². The first kappa shape index (κ1) is 15.3. The van der Waals surface area contributed by atoms with Crippen LogP contribution in [0.15, 0.2) is 0 Å². The molecule has 2 atom stereocenters. The number of nitrogens with one attached hydrogen (secondary N) is 1. The molecular weight excluding hydrogens is 238 g/mol. The maximum Gasteiger partial charge on any atom is 0.0813 e. The van der Waals surface area contributed by atoms with Gasteiger partial charge in [-0.1, -0.05) is 26.7 Å². The average Bonchev–Trinajstić information content (AvgIpc) is 3.00. The standard InChI is InChI=1S/C16H31NO2/c1-13(2)9-17-10-15-7-8-16(19-15)12-18-11-14-5-3-4-6-14/h13-17H,3-12H2,1-2H3. The van der Waals surface area contributed by atoms with E-state index < -0.39 is 0 Å². The summed E-state index contributed by atoms with van der Waals surface area (Å²) in [5, 5.41) is 3.48. The van der Waals surface area contributed by atoms with Crippen LogP contribution < -0.4 is 5.32 Å². The van der Waals surface area contributed by atoms with Crippen molar-refractivity contribution in [2.24, 2.45) is 11.8 Å². The maximum atomic E-state index is 6.02. The molecule has 0 bridgehead atoms. The molecule has 0 aromatic carbocycles. The van der Waals surface area contributed by atoms with Crippen molar-refractivity contribution >= 4 is 0 Å². The highest BCUT2D eigenvalue weighted by Gasteiger charge is 2.25. The highest BCUT2D eigenvalue weighted by molar-refractivity contribution is 4.75. The van der Waals surface area contributed by atoms with Crippen molar-refractivity contribution in [3.05, 3.63) is 0 Å². The molecule has 0 aromatic heterocycles. The van der Waals surface area contributed by atoms with Crippen LogP contribution in [0.3, 0.4) is 0 Å². The van der Waals surface area contributed by atoms with Gasteiger partial charge in [-0.2, -0.15) is 0 Å². The Hall–Kier alpha value is -0.120. The quantitative estimate of drug-likeness (QED) is 0.735. The van der Waals surface area contributed by atoms with E-state index in [4.69, 9.17) is 9.47 Å². The average molecular weight is 269 g/mol. The largest absolute Gasteiger partial charge is 0.378 e. The number of hydrogen-bond donors (Lipinski definition) is 1. The molecule has 2 rings (SSSR count). The van der Waals surface area contributed by atoms with Crippen LogP contribution in [0.2, 0.25) is 0 Å². The normalized spacial score (nSPS) is 28.6. The Morgan fingerprint density at radius 2 is 1.79 bits per heavy atom. The van der Waals surface area contributed by atoms with Crippen molar-refractivity contribution in [1.29, 1.82) is 0 Å². The minimum Gasteiger partial charge on any atom is -0.378 e. The number of rotatable bonds is 8. The Bertz CT molecular complexity index is 239. The van der Waals surface area contributed by atoms with Crippen LogP contribution in [0.4, 0.5) is 0 Å². The summed E-state index contributed by atoms with van der Waals surface area (Å²) in [5.74, 6) is 1.54. The minimum absolute atomic E-state index is 0.340. The van der Waals surface area contributed by atoms with E-state index in [9.17, 15) is 0 Å². The summed E-state index contributed by atoms with van der Waals surface area (Å²) < 4.78 is 11.9. The second-order valence-electron chi connectivity index (χ2n) is 6.70. The topological polar surface area (TPSA) is 30.5 Å². The molecule has 0 spiro atoms. The molecule has 1 aliphatic heterocycles. The van der Waals surface area contributed by atoms with Crippen molar-refractivity contribution in [2.75, 3.05) is 26.3 Å². The summed E-state index contributed by atoms with van der Waals surface area (Å²) in [5.41, 5.74) is 0. The summed E-state index contributed by atoms with van der Waals surface area (Å²) in [6.45, 7) is 8.32. The van der Waals surface area contributed by atoms with Crippen LogP contribution in [0.5, 0.6) is 0 Å². The molecule has 2 unspecified atom stereocenters. The lowest BCUT2D eigenvalue weighted by Gasteiger charge is -2.16. The van der Waals surface area contributed by atoms with Crippen LogP contribution in [-0.4, -0.2) is 38.5 Å². The second kappa shape index (κ2) is 8.23. The van der Waals surface area contributed by atoms with E-state index in [2.05, 4.69) is 19.2 Å². The zero-order valence-corrected chi connectivity index (χ0v) is 12.7. The van der Waals surface area contributed by atoms with E-state index >= 15 is 0 Å². The van der Waals surface area contributed by atoms with E-state index in [-0.39, 0.29) is 0 Å². The molecular formula is C16H31NO2. The lowest BCUT2D eigenvalue weighted by molar-refractivity contribution is -0.0216. The van der Waals surface area contributed by atoms with E-state index in [1.165, 1.54) is 38.5 Å². The first-order chi connectivity index (χ1) is 9.24. The van der Waals surface area contributed by atoms with Gasteiger partial charge in [-0.05, 0) is 44.1 Å². The van der Waals surface area contributed by atoms with Gasteiger partial charge in [0.15, 0.2) is 0 Å². The van der Waals surface area contributed by atoms with Gasteiger partial charge in [-0.3, -0.25) is 0 Å². The molecule has 1 heterocycles. The van der Waals surface area contributed by atoms with Crippen LogP contribution in [0.1, 0.15) is 52.4 Å². The van der Waals surface area contributed by atoms with E-state index in [0.29, 0.717) is 18.1 Å². The fourth-order valence-electron chi connectivity index (χ4n) is 3.13. The maximum absolute atomic E-state index is 6.02. The fourth-order valence-corrected chi connectivity index (χ4v) is 3.13. The molecule has 0 radical (unpaired) electrons. The van der Waals surface area contributed by atoms with Crippen LogP contribution >= 0.6 is 0 Å². The lowest BCUT2D eigenvalue weighted by Crippen LogP contribution is -2.30. The van der Waals surface area contributed by atoms with Crippen molar-refractivity contribution in [3.8, 4) is 0 Å². The molecule has 19 heavy (non-hydrogen) atoms. The van der Waals surface area contributed by atoms with Gasteiger partial charge in [0, 0.05) is 13.2 Å². The van der Waals surface area contributed by atoms with Crippen LogP contribution in [0, 0.1) is 11.8 Å². The molecule has 0 amide bonds. The van der Waals surface area contributed by atoms with Gasteiger partial charge < -0.3 is 14.8 Å². The lowest BCUT2D eigenvalue weighted by atomic mass is 10.1. The van der Waals surface area contributed by atoms with Crippen molar-refractivity contribution in [3.63, 3.8) is 0 Å². The van der Waals surface area contributed by atoms with Gasteiger partial charge in [0.1, 0.15) is 0 Å². The molecule has 1 saturated heterocycles. The predicted molar refractivity (Wildman–Crippen MR) is 78.4 cm³/mol. The predicted octanol–water partition coefficient (Wildman–Crippen LogP) is 2.99. The van der Waals surface area contributed by atoms with Crippen molar-refractivity contribution in [1.82, 2.24) is 5.32 Å². The Labute approximate surface area is 118 Å². The van der Waals surface area contributed by atoms with Crippen LogP contribution in [-0.2, 0) is 9.47 Å². The Kier molecular flexibility index (Phi) is 6.62. The third-order valence-electron chi connectivity index (χ3n) is 4.25. The first-order valence-corrected chi connectivity index (χ1v) is 8.18. The molecule has 1 saturated carbocycles. The summed E-state index contributed by atoms with van der Waals surface area (Å²) in [6, 6.07) is 0. The zero-order valence-electron chi connectivity index (χ0n) is 12.7. The smallest absolute Gasteiger partial charge is 0.0813 e. The van der Waals surface area contributed by atoms with Gasteiger partial charge in [0.05, 0.1) is 18.8 Å².